The molecule has 0 aliphatic heterocycles. The summed E-state index contributed by atoms with van der Waals surface area (Å²) >= 11 is 0. The Bertz CT molecular complexity index is 120. The molecule has 0 saturated heterocycles. The first-order valence-corrected chi connectivity index (χ1v) is 4.79. The molecule has 0 aromatic carbocycles. The molecule has 0 amide bonds. The van der Waals surface area contributed by atoms with Crippen molar-refractivity contribution in [2.75, 3.05) is 0 Å². The molecular weight excluding hydrogens is 132 g/mol. The van der Waals surface area contributed by atoms with Crippen LogP contribution >= 0.6 is 0 Å². The Morgan fingerprint density at radius 2 is 1.82 bits per heavy atom. The third-order valence-corrected chi connectivity index (χ3v) is 2.38. The van der Waals surface area contributed by atoms with Crippen molar-refractivity contribution in [3.8, 4) is 0 Å². The molecule has 0 heterocycles. The third-order valence-electron chi connectivity index (χ3n) is 2.38. The molecule has 0 heteroatoms. The van der Waals surface area contributed by atoms with E-state index in [0.717, 1.165) is 11.8 Å². The highest BCUT2D eigenvalue weighted by atomic mass is 14.1. The molecule has 1 atom stereocenters. The maximum Gasteiger partial charge on any atom is -0.0210 e. The van der Waals surface area contributed by atoms with Gasteiger partial charge in [0.1, 0.15) is 0 Å². The summed E-state index contributed by atoms with van der Waals surface area (Å²) in [6, 6.07) is 0. The second-order valence-electron chi connectivity index (χ2n) is 3.68. The van der Waals surface area contributed by atoms with Gasteiger partial charge in [-0.2, -0.15) is 0 Å². The molecule has 0 fully saturated rings. The minimum absolute atomic E-state index is 0.787. The molecular formula is C11H22. The van der Waals surface area contributed by atoms with Gasteiger partial charge in [0, 0.05) is 0 Å². The molecule has 0 N–H and O–H groups in total. The van der Waals surface area contributed by atoms with Crippen LogP contribution in [0.5, 0.6) is 0 Å². The molecule has 0 nitrogen and oxygen atoms in total. The van der Waals surface area contributed by atoms with Crippen molar-refractivity contribution < 1.29 is 0 Å². The van der Waals surface area contributed by atoms with Crippen LogP contribution in [0, 0.1) is 11.8 Å². The Morgan fingerprint density at radius 1 is 1.27 bits per heavy atom. The van der Waals surface area contributed by atoms with Crippen LogP contribution in [0.4, 0.5) is 0 Å². The zero-order chi connectivity index (χ0) is 8.85. The Balaban J connectivity index is 4.06. The van der Waals surface area contributed by atoms with Crippen molar-refractivity contribution in [3.63, 3.8) is 0 Å². The Labute approximate surface area is 71.7 Å². The fraction of sp³-hybridized carbons (Fsp3) is 0.818. The van der Waals surface area contributed by atoms with E-state index in [-0.39, 0.29) is 0 Å². The van der Waals surface area contributed by atoms with Gasteiger partial charge >= 0.3 is 0 Å². The predicted octanol–water partition coefficient (Wildman–Crippen LogP) is 4.02. The van der Waals surface area contributed by atoms with Gasteiger partial charge in [-0.3, -0.25) is 0 Å². The first-order chi connectivity index (χ1) is 5.11. The number of allylic oxidation sites excluding steroid dienone is 2. The molecule has 0 aliphatic carbocycles. The third kappa shape index (κ3) is 4.23. The van der Waals surface area contributed by atoms with E-state index < -0.39 is 0 Å². The number of rotatable bonds is 4. The minimum Gasteiger partial charge on any atom is -0.0823 e. The largest absolute Gasteiger partial charge is 0.0823 e. The van der Waals surface area contributed by atoms with Gasteiger partial charge < -0.3 is 0 Å². The lowest BCUT2D eigenvalue weighted by Crippen LogP contribution is -2.04. The summed E-state index contributed by atoms with van der Waals surface area (Å²) in [5, 5.41) is 0. The van der Waals surface area contributed by atoms with E-state index in [1.54, 1.807) is 0 Å². The molecule has 0 rings (SSSR count). The van der Waals surface area contributed by atoms with Gasteiger partial charge in [0.2, 0.25) is 0 Å². The van der Waals surface area contributed by atoms with Crippen molar-refractivity contribution in [2.24, 2.45) is 11.8 Å². The predicted molar refractivity (Wildman–Crippen MR) is 52.7 cm³/mol. The second-order valence-corrected chi connectivity index (χ2v) is 3.68. The monoisotopic (exact) mass is 154 g/mol. The van der Waals surface area contributed by atoms with Crippen molar-refractivity contribution >= 4 is 0 Å². The maximum atomic E-state index is 2.44. The van der Waals surface area contributed by atoms with Crippen LogP contribution < -0.4 is 0 Å². The second kappa shape index (κ2) is 5.40. The van der Waals surface area contributed by atoms with Gasteiger partial charge in [-0.15, -0.1) is 0 Å². The fourth-order valence-electron chi connectivity index (χ4n) is 1.27. The highest BCUT2D eigenvalue weighted by molar-refractivity contribution is 5.00. The van der Waals surface area contributed by atoms with Crippen molar-refractivity contribution in [2.45, 2.75) is 47.5 Å². The van der Waals surface area contributed by atoms with Crippen LogP contribution in [0.3, 0.4) is 0 Å². The topological polar surface area (TPSA) is 0 Å². The molecule has 0 aliphatic rings. The Morgan fingerprint density at radius 3 is 2.09 bits per heavy atom. The molecule has 11 heavy (non-hydrogen) atoms. The number of hydrogen-bond acceptors (Lipinski definition) is 0. The summed E-state index contributed by atoms with van der Waals surface area (Å²) in [5.41, 5.74) is 1.53. The van der Waals surface area contributed by atoms with Gasteiger partial charge in [-0.1, -0.05) is 39.3 Å². The molecule has 0 saturated carbocycles. The van der Waals surface area contributed by atoms with Gasteiger partial charge in [0.25, 0.3) is 0 Å². The van der Waals surface area contributed by atoms with E-state index in [1.807, 2.05) is 0 Å². The Kier molecular flexibility index (Phi) is 5.27. The zero-order valence-electron chi connectivity index (χ0n) is 8.65. The summed E-state index contributed by atoms with van der Waals surface area (Å²) < 4.78 is 0. The molecule has 0 bridgehead atoms. The highest BCUT2D eigenvalue weighted by Crippen LogP contribution is 2.18. The standard InChI is InChI=1S/C11H22/c1-6-10(5)8-11(7-2)9(3)4/h8-9,11H,6-7H2,1-5H3. The van der Waals surface area contributed by atoms with Crippen molar-refractivity contribution in [1.29, 1.82) is 0 Å². The maximum absolute atomic E-state index is 2.44. The normalized spacial score (nSPS) is 15.6. The first-order valence-electron chi connectivity index (χ1n) is 4.79. The summed E-state index contributed by atoms with van der Waals surface area (Å²) in [6.45, 7) is 11.3. The molecule has 0 aromatic rings. The van der Waals surface area contributed by atoms with E-state index in [9.17, 15) is 0 Å². The smallest absolute Gasteiger partial charge is 0.0210 e. The van der Waals surface area contributed by atoms with Gasteiger partial charge in [-0.25, -0.2) is 0 Å². The summed E-state index contributed by atoms with van der Waals surface area (Å²) in [5.74, 6) is 1.58. The molecule has 1 unspecified atom stereocenters. The minimum atomic E-state index is 0.787. The Hall–Kier alpha value is -0.260. The van der Waals surface area contributed by atoms with Crippen molar-refractivity contribution in [1.82, 2.24) is 0 Å². The zero-order valence-corrected chi connectivity index (χ0v) is 8.65. The average Bonchev–Trinajstić information content (AvgIpc) is 1.99. The van der Waals surface area contributed by atoms with Crippen LogP contribution in [0.1, 0.15) is 47.5 Å². The molecule has 0 spiro atoms. The van der Waals surface area contributed by atoms with Crippen LogP contribution in [0.25, 0.3) is 0 Å². The lowest BCUT2D eigenvalue weighted by atomic mass is 9.91. The molecule has 0 aromatic heterocycles. The van der Waals surface area contributed by atoms with Crippen LogP contribution in [-0.4, -0.2) is 0 Å². The van der Waals surface area contributed by atoms with E-state index in [2.05, 4.69) is 40.7 Å². The fourth-order valence-corrected chi connectivity index (χ4v) is 1.27. The molecule has 66 valence electrons. The quantitative estimate of drug-likeness (QED) is 0.536. The van der Waals surface area contributed by atoms with Crippen molar-refractivity contribution in [3.05, 3.63) is 11.6 Å². The van der Waals surface area contributed by atoms with Gasteiger partial charge in [0.15, 0.2) is 0 Å². The first kappa shape index (κ1) is 10.7. The van der Waals surface area contributed by atoms with Crippen LogP contribution in [-0.2, 0) is 0 Å². The molecule has 0 radical (unpaired) electrons. The number of hydrogen-bond donors (Lipinski definition) is 0. The highest BCUT2D eigenvalue weighted by Gasteiger charge is 2.06. The van der Waals surface area contributed by atoms with Crippen LogP contribution in [0.15, 0.2) is 11.6 Å². The summed E-state index contributed by atoms with van der Waals surface area (Å²) in [7, 11) is 0. The van der Waals surface area contributed by atoms with E-state index in [1.165, 1.54) is 18.4 Å². The van der Waals surface area contributed by atoms with E-state index >= 15 is 0 Å². The SMILES string of the molecule is CCC(C)=CC(CC)C(C)C. The van der Waals surface area contributed by atoms with E-state index in [4.69, 9.17) is 0 Å². The van der Waals surface area contributed by atoms with Gasteiger partial charge in [0.05, 0.1) is 0 Å². The van der Waals surface area contributed by atoms with Crippen LogP contribution in [0.2, 0.25) is 0 Å². The van der Waals surface area contributed by atoms with Gasteiger partial charge in [-0.05, 0) is 31.6 Å². The lowest BCUT2D eigenvalue weighted by Gasteiger charge is -2.15. The summed E-state index contributed by atoms with van der Waals surface area (Å²) in [4.78, 5) is 0. The average molecular weight is 154 g/mol. The van der Waals surface area contributed by atoms with E-state index in [0.29, 0.717) is 0 Å². The lowest BCUT2D eigenvalue weighted by molar-refractivity contribution is 0.450. The summed E-state index contributed by atoms with van der Waals surface area (Å²) in [6.07, 6.45) is 4.91.